The van der Waals surface area contributed by atoms with Gasteiger partial charge in [-0.05, 0) is 57.4 Å². The smallest absolute Gasteiger partial charge is 0.412 e. The Morgan fingerprint density at radius 2 is 1.78 bits per heavy atom. The summed E-state index contributed by atoms with van der Waals surface area (Å²) in [6, 6.07) is 14.5. The van der Waals surface area contributed by atoms with Crippen LogP contribution in [0.2, 0.25) is 0 Å². The number of para-hydroxylation sites is 1. The Kier molecular flexibility index (Phi) is 7.09. The molecule has 1 heterocycles. The van der Waals surface area contributed by atoms with Crippen LogP contribution < -0.4 is 15.4 Å². The molecule has 3 aromatic rings. The predicted molar refractivity (Wildman–Crippen MR) is 126 cm³/mol. The number of imidazole rings is 1. The van der Waals surface area contributed by atoms with E-state index in [1.54, 1.807) is 43.5 Å². The van der Waals surface area contributed by atoms with Crippen molar-refractivity contribution in [2.24, 2.45) is 0 Å². The fourth-order valence-electron chi connectivity index (χ4n) is 2.96. The highest BCUT2D eigenvalue weighted by molar-refractivity contribution is 7.98. The number of methoxy groups -OCH3 is 1. The molecule has 0 bridgehead atoms. The highest BCUT2D eigenvalue weighted by atomic mass is 32.2. The Balaban J connectivity index is 1.86. The van der Waals surface area contributed by atoms with Crippen LogP contribution >= 0.6 is 11.8 Å². The van der Waals surface area contributed by atoms with Crippen molar-refractivity contribution in [2.75, 3.05) is 24.0 Å². The quantitative estimate of drug-likeness (QED) is 0.497. The van der Waals surface area contributed by atoms with Crippen LogP contribution in [0.4, 0.5) is 16.2 Å². The second kappa shape index (κ2) is 9.78. The summed E-state index contributed by atoms with van der Waals surface area (Å²) < 4.78 is 12.4. The number of hydrogen-bond donors (Lipinski definition) is 2. The Labute approximate surface area is 191 Å². The average molecular weight is 455 g/mol. The van der Waals surface area contributed by atoms with Crippen LogP contribution in [0, 0.1) is 0 Å². The fraction of sp³-hybridized carbons (Fsp3) is 0.261. The van der Waals surface area contributed by atoms with E-state index in [4.69, 9.17) is 9.47 Å². The number of nitrogens with one attached hydrogen (secondary N) is 2. The molecule has 0 unspecified atom stereocenters. The maximum atomic E-state index is 13.1. The third kappa shape index (κ3) is 5.61. The molecule has 2 N–H and O–H groups in total. The molecule has 3 rings (SSSR count). The van der Waals surface area contributed by atoms with Crippen LogP contribution in [0.25, 0.3) is 5.69 Å². The number of nitrogens with zero attached hydrogens (tertiary/aromatic N) is 2. The molecule has 0 aliphatic heterocycles. The summed E-state index contributed by atoms with van der Waals surface area (Å²) in [6.45, 7) is 5.33. The summed E-state index contributed by atoms with van der Waals surface area (Å²) >= 11 is 1.45. The number of carbonyl (C=O) groups excluding carboxylic acids is 2. The van der Waals surface area contributed by atoms with Crippen molar-refractivity contribution >= 4 is 35.1 Å². The van der Waals surface area contributed by atoms with Gasteiger partial charge in [0.05, 0.1) is 19.0 Å². The van der Waals surface area contributed by atoms with E-state index in [9.17, 15) is 9.59 Å². The third-order valence-corrected chi connectivity index (χ3v) is 4.91. The number of anilines is 2. The maximum Gasteiger partial charge on any atom is 0.412 e. The lowest BCUT2D eigenvalue weighted by molar-refractivity contribution is 0.0635. The molecule has 0 atom stereocenters. The Morgan fingerprint density at radius 1 is 1.06 bits per heavy atom. The lowest BCUT2D eigenvalue weighted by Crippen LogP contribution is -2.27. The summed E-state index contributed by atoms with van der Waals surface area (Å²) in [4.78, 5) is 29.7. The van der Waals surface area contributed by atoms with Crippen LogP contribution in [0.3, 0.4) is 0 Å². The summed E-state index contributed by atoms with van der Waals surface area (Å²) in [6.07, 6.45) is 2.82. The zero-order chi connectivity index (χ0) is 23.3. The molecule has 0 radical (unpaired) electrons. The van der Waals surface area contributed by atoms with Gasteiger partial charge in [-0.15, -0.1) is 0 Å². The first-order chi connectivity index (χ1) is 15.2. The number of hydrogen-bond acceptors (Lipinski definition) is 6. The molecule has 2 amide bonds. The van der Waals surface area contributed by atoms with Gasteiger partial charge in [-0.3, -0.25) is 14.7 Å². The number of ether oxygens (including phenoxy) is 2. The minimum atomic E-state index is -0.645. The van der Waals surface area contributed by atoms with E-state index in [2.05, 4.69) is 15.6 Å². The van der Waals surface area contributed by atoms with Crippen LogP contribution in [0.15, 0.2) is 59.9 Å². The van der Waals surface area contributed by atoms with E-state index < -0.39 is 11.7 Å². The zero-order valence-corrected chi connectivity index (χ0v) is 19.4. The normalized spacial score (nSPS) is 11.0. The summed E-state index contributed by atoms with van der Waals surface area (Å²) in [5, 5.41) is 6.22. The fourth-order valence-corrected chi connectivity index (χ4v) is 3.50. The van der Waals surface area contributed by atoms with Gasteiger partial charge in [0.15, 0.2) is 5.16 Å². The summed E-state index contributed by atoms with van der Waals surface area (Å²) in [5.41, 5.74) is 1.43. The number of aromatic nitrogens is 2. The van der Waals surface area contributed by atoms with Gasteiger partial charge in [0.25, 0.3) is 5.91 Å². The molecule has 2 aromatic carbocycles. The average Bonchev–Trinajstić information content (AvgIpc) is 3.17. The van der Waals surface area contributed by atoms with Crippen LogP contribution in [-0.4, -0.2) is 40.5 Å². The van der Waals surface area contributed by atoms with E-state index in [0.29, 0.717) is 28.0 Å². The van der Waals surface area contributed by atoms with E-state index in [-0.39, 0.29) is 5.91 Å². The molecule has 0 aliphatic rings. The number of benzene rings is 2. The second-order valence-electron chi connectivity index (χ2n) is 7.80. The summed E-state index contributed by atoms with van der Waals surface area (Å²) in [7, 11) is 1.50. The van der Waals surface area contributed by atoms with Gasteiger partial charge in [0.1, 0.15) is 17.0 Å². The van der Waals surface area contributed by atoms with Crippen molar-refractivity contribution in [1.29, 1.82) is 0 Å². The van der Waals surface area contributed by atoms with Crippen molar-refractivity contribution in [2.45, 2.75) is 31.5 Å². The largest absolute Gasteiger partial charge is 0.495 e. The van der Waals surface area contributed by atoms with Crippen molar-refractivity contribution in [3.63, 3.8) is 0 Å². The maximum absolute atomic E-state index is 13.1. The lowest BCUT2D eigenvalue weighted by atomic mass is 10.2. The molecule has 0 saturated carbocycles. The minimum absolute atomic E-state index is 0.338. The number of carbonyl (C=O) groups is 2. The summed E-state index contributed by atoms with van der Waals surface area (Å²) in [5.74, 6) is 0.0999. The molecule has 1 aromatic heterocycles. The Bertz CT molecular complexity index is 1110. The number of thioether (sulfide) groups is 1. The van der Waals surface area contributed by atoms with E-state index in [1.807, 2.05) is 36.6 Å². The molecule has 0 aliphatic carbocycles. The molecular formula is C23H26N4O4S. The highest BCUT2D eigenvalue weighted by Crippen LogP contribution is 2.29. The van der Waals surface area contributed by atoms with Crippen molar-refractivity contribution < 1.29 is 19.1 Å². The minimum Gasteiger partial charge on any atom is -0.495 e. The van der Waals surface area contributed by atoms with E-state index >= 15 is 0 Å². The first-order valence-corrected chi connectivity index (χ1v) is 11.1. The third-order valence-electron chi connectivity index (χ3n) is 4.25. The first-order valence-electron chi connectivity index (χ1n) is 9.88. The topological polar surface area (TPSA) is 94.5 Å². The molecule has 0 fully saturated rings. The SMILES string of the molecule is COc1ccc(NC(=O)c2cnc(SC)n2-c2ccccc2)cc1NC(=O)OC(C)(C)C. The van der Waals surface area contributed by atoms with Crippen molar-refractivity contribution in [1.82, 2.24) is 9.55 Å². The monoisotopic (exact) mass is 454 g/mol. The van der Waals surface area contributed by atoms with Gasteiger partial charge in [-0.1, -0.05) is 30.0 Å². The van der Waals surface area contributed by atoms with Crippen LogP contribution in [-0.2, 0) is 4.74 Å². The zero-order valence-electron chi connectivity index (χ0n) is 18.6. The molecule has 168 valence electrons. The molecule has 9 heteroatoms. The molecule has 8 nitrogen and oxygen atoms in total. The van der Waals surface area contributed by atoms with Crippen molar-refractivity contribution in [3.8, 4) is 11.4 Å². The number of rotatable bonds is 6. The van der Waals surface area contributed by atoms with Gasteiger partial charge in [0, 0.05) is 11.4 Å². The molecule has 0 saturated heterocycles. The van der Waals surface area contributed by atoms with Gasteiger partial charge >= 0.3 is 6.09 Å². The van der Waals surface area contributed by atoms with Gasteiger partial charge in [-0.25, -0.2) is 9.78 Å². The van der Waals surface area contributed by atoms with E-state index in [1.165, 1.54) is 25.1 Å². The van der Waals surface area contributed by atoms with E-state index in [0.717, 1.165) is 5.69 Å². The van der Waals surface area contributed by atoms with Crippen LogP contribution in [0.5, 0.6) is 5.75 Å². The van der Waals surface area contributed by atoms with Gasteiger partial charge in [-0.2, -0.15) is 0 Å². The van der Waals surface area contributed by atoms with Gasteiger partial charge < -0.3 is 14.8 Å². The highest BCUT2D eigenvalue weighted by Gasteiger charge is 2.20. The second-order valence-corrected chi connectivity index (χ2v) is 8.57. The predicted octanol–water partition coefficient (Wildman–Crippen LogP) is 5.20. The molecular weight excluding hydrogens is 428 g/mol. The molecule has 32 heavy (non-hydrogen) atoms. The number of amides is 2. The Morgan fingerprint density at radius 3 is 2.41 bits per heavy atom. The molecule has 0 spiro atoms. The first kappa shape index (κ1) is 23.2. The van der Waals surface area contributed by atoms with Crippen molar-refractivity contribution in [3.05, 3.63) is 60.4 Å². The van der Waals surface area contributed by atoms with Crippen LogP contribution in [0.1, 0.15) is 31.3 Å². The van der Waals surface area contributed by atoms with Gasteiger partial charge in [0.2, 0.25) is 0 Å². The standard InChI is InChI=1S/C23H26N4O4S/c1-23(2,3)31-22(29)26-17-13-15(11-12-19(17)30-4)25-20(28)18-14-24-21(32-5)27(18)16-9-7-6-8-10-16/h6-14H,1-5H3,(H,25,28)(H,26,29). The Hall–Kier alpha value is -3.46. The lowest BCUT2D eigenvalue weighted by Gasteiger charge is -2.20.